The summed E-state index contributed by atoms with van der Waals surface area (Å²) >= 11 is 0. The van der Waals surface area contributed by atoms with E-state index in [9.17, 15) is 19.8 Å². The molecule has 0 N–H and O–H groups in total. The van der Waals surface area contributed by atoms with Gasteiger partial charge in [0.2, 0.25) is 0 Å². The van der Waals surface area contributed by atoms with Gasteiger partial charge in [0.25, 0.3) is 0 Å². The van der Waals surface area contributed by atoms with Gasteiger partial charge in [-0.15, -0.1) is 0 Å². The first-order chi connectivity index (χ1) is 11.9. The van der Waals surface area contributed by atoms with Gasteiger partial charge in [-0.05, 0) is 55.8 Å². The normalized spacial score (nSPS) is 27.8. The molecule has 0 bridgehead atoms. The molecule has 2 rings (SSSR count). The number of carbonyl (C=O) groups is 2. The Kier molecular flexibility index (Phi) is 14.9. The third-order valence-electron chi connectivity index (χ3n) is 6.28. The van der Waals surface area contributed by atoms with Crippen LogP contribution in [0.25, 0.3) is 0 Å². The number of aliphatic carboxylic acids is 2. The monoisotopic (exact) mass is 376 g/mol. The smallest absolute Gasteiger partial charge is 0.550 e. The fourth-order valence-corrected chi connectivity index (χ4v) is 4.38. The second-order valence-electron chi connectivity index (χ2n) is 8.07. The summed E-state index contributed by atoms with van der Waals surface area (Å²) in [6.45, 7) is 4.46. The SMILES string of the molecule is CCC1CCC(CCC(=O)[O-])C1.CCC1CCC(CCC(=O)[O-])CC1.[H+].[Na+]. The van der Waals surface area contributed by atoms with E-state index >= 15 is 0 Å². The van der Waals surface area contributed by atoms with Crippen molar-refractivity contribution in [3.63, 3.8) is 0 Å². The van der Waals surface area contributed by atoms with Crippen molar-refractivity contribution in [2.45, 2.75) is 97.3 Å². The van der Waals surface area contributed by atoms with Crippen LogP contribution >= 0.6 is 0 Å². The minimum Gasteiger partial charge on any atom is -0.550 e. The van der Waals surface area contributed by atoms with Gasteiger partial charge in [0.15, 0.2) is 0 Å². The Morgan fingerprint density at radius 2 is 1.12 bits per heavy atom. The van der Waals surface area contributed by atoms with E-state index in [2.05, 4.69) is 13.8 Å². The molecule has 0 aromatic heterocycles. The first kappa shape index (κ1) is 25.9. The fraction of sp³-hybridized carbons (Fsp3) is 0.905. The number of carboxylic acid groups (broad SMARTS) is 2. The number of rotatable bonds is 8. The van der Waals surface area contributed by atoms with E-state index in [1.165, 1.54) is 57.8 Å². The Balaban J connectivity index is 0. The molecular weight excluding hydrogens is 339 g/mol. The van der Waals surface area contributed by atoms with Crippen LogP contribution in [0, 0.1) is 23.7 Å². The maximum absolute atomic E-state index is 10.3. The van der Waals surface area contributed by atoms with E-state index in [-0.39, 0.29) is 43.8 Å². The van der Waals surface area contributed by atoms with Gasteiger partial charge in [0.1, 0.15) is 0 Å². The first-order valence-corrected chi connectivity index (χ1v) is 10.3. The van der Waals surface area contributed by atoms with Crippen molar-refractivity contribution in [3.8, 4) is 0 Å². The molecule has 0 aromatic carbocycles. The Bertz CT molecular complexity index is 398. The van der Waals surface area contributed by atoms with E-state index in [1.54, 1.807) is 0 Å². The van der Waals surface area contributed by atoms with Gasteiger partial charge in [0.05, 0.1) is 0 Å². The molecule has 4 nitrogen and oxygen atoms in total. The molecule has 0 aromatic rings. The second kappa shape index (κ2) is 14.9. The van der Waals surface area contributed by atoms with Crippen molar-refractivity contribution in [1.82, 2.24) is 0 Å². The number of carboxylic acids is 2. The van der Waals surface area contributed by atoms with Crippen LogP contribution in [0.1, 0.15) is 98.7 Å². The molecule has 146 valence electrons. The summed E-state index contributed by atoms with van der Waals surface area (Å²) in [6.07, 6.45) is 13.5. The van der Waals surface area contributed by atoms with Crippen LogP contribution in [0.15, 0.2) is 0 Å². The van der Waals surface area contributed by atoms with Gasteiger partial charge in [-0.2, -0.15) is 0 Å². The summed E-state index contributed by atoms with van der Waals surface area (Å²) in [5.41, 5.74) is 0. The van der Waals surface area contributed by atoms with Crippen LogP contribution in [0.5, 0.6) is 0 Å². The third-order valence-corrected chi connectivity index (χ3v) is 6.28. The maximum Gasteiger partial charge on any atom is 1.00 e. The maximum atomic E-state index is 10.3. The van der Waals surface area contributed by atoms with E-state index < -0.39 is 11.9 Å². The molecule has 2 aliphatic carbocycles. The van der Waals surface area contributed by atoms with Crippen molar-refractivity contribution < 1.29 is 50.8 Å². The molecular formula is C21H37NaO4. The molecule has 2 fully saturated rings. The molecule has 26 heavy (non-hydrogen) atoms. The zero-order valence-corrected chi connectivity index (χ0v) is 19.1. The summed E-state index contributed by atoms with van der Waals surface area (Å²) < 4.78 is 0. The second-order valence-corrected chi connectivity index (χ2v) is 8.07. The van der Waals surface area contributed by atoms with Crippen LogP contribution in [0.2, 0.25) is 0 Å². The van der Waals surface area contributed by atoms with Gasteiger partial charge in [-0.1, -0.05) is 65.2 Å². The van der Waals surface area contributed by atoms with Crippen molar-refractivity contribution in [2.24, 2.45) is 23.7 Å². The first-order valence-electron chi connectivity index (χ1n) is 10.3. The Morgan fingerprint density at radius 1 is 0.731 bits per heavy atom. The van der Waals surface area contributed by atoms with Crippen LogP contribution in [0.4, 0.5) is 0 Å². The van der Waals surface area contributed by atoms with E-state index in [0.29, 0.717) is 11.8 Å². The largest absolute Gasteiger partial charge is 1.00 e. The minimum atomic E-state index is -0.894. The Hall–Kier alpha value is -0.0600. The molecule has 0 amide bonds. The van der Waals surface area contributed by atoms with Crippen LogP contribution in [0.3, 0.4) is 0 Å². The number of hydrogen-bond donors (Lipinski definition) is 0. The predicted molar refractivity (Wildman–Crippen MR) is 96.5 cm³/mol. The topological polar surface area (TPSA) is 80.3 Å². The minimum absolute atomic E-state index is 0. The predicted octanol–water partition coefficient (Wildman–Crippen LogP) is 0.192. The van der Waals surface area contributed by atoms with Gasteiger partial charge in [-0.25, -0.2) is 0 Å². The van der Waals surface area contributed by atoms with Gasteiger partial charge in [-0.3, -0.25) is 0 Å². The average molecular weight is 377 g/mol. The fourth-order valence-electron chi connectivity index (χ4n) is 4.38. The molecule has 0 saturated heterocycles. The summed E-state index contributed by atoms with van der Waals surface area (Å²) in [5.74, 6) is 1.29. The zero-order valence-electron chi connectivity index (χ0n) is 18.1. The van der Waals surface area contributed by atoms with E-state index in [4.69, 9.17) is 0 Å². The van der Waals surface area contributed by atoms with Gasteiger partial charge in [0, 0.05) is 11.9 Å². The standard InChI is InChI=1S/C11H20O2.C10H18O2.Na/c1-2-9-3-5-10(6-4-9)7-8-11(12)13;1-2-8-3-4-9(7-8)5-6-10(11)12;/h9-10H,2-8H2,1H3,(H,12,13);8-9H,2-7H2,1H3,(H,11,12);/q;;+1/p-1. The summed E-state index contributed by atoms with van der Waals surface area (Å²) in [6, 6.07) is 0. The molecule has 0 aliphatic heterocycles. The third kappa shape index (κ3) is 11.6. The molecule has 0 spiro atoms. The summed E-state index contributed by atoms with van der Waals surface area (Å²) in [7, 11) is 0. The molecule has 0 heterocycles. The molecule has 2 atom stereocenters. The van der Waals surface area contributed by atoms with Crippen molar-refractivity contribution >= 4 is 11.9 Å². The van der Waals surface area contributed by atoms with Gasteiger partial charge >= 0.3 is 31.0 Å². The Morgan fingerprint density at radius 3 is 1.54 bits per heavy atom. The van der Waals surface area contributed by atoms with Crippen LogP contribution < -0.4 is 39.8 Å². The molecule has 2 unspecified atom stereocenters. The molecule has 5 heteroatoms. The Labute approximate surface area is 183 Å². The molecule has 2 aliphatic rings. The van der Waals surface area contributed by atoms with Crippen LogP contribution in [-0.2, 0) is 9.59 Å². The van der Waals surface area contributed by atoms with E-state index in [0.717, 1.165) is 24.7 Å². The van der Waals surface area contributed by atoms with E-state index in [1.807, 2.05) is 0 Å². The summed E-state index contributed by atoms with van der Waals surface area (Å²) in [4.78, 5) is 20.4. The average Bonchev–Trinajstić information content (AvgIpc) is 3.07. The number of hydrogen-bond acceptors (Lipinski definition) is 4. The quantitative estimate of drug-likeness (QED) is 0.567. The zero-order chi connectivity index (χ0) is 18.7. The van der Waals surface area contributed by atoms with Crippen LogP contribution in [-0.4, -0.2) is 11.9 Å². The number of carbonyl (C=O) groups excluding carboxylic acids is 2. The van der Waals surface area contributed by atoms with Gasteiger partial charge < -0.3 is 19.8 Å². The van der Waals surface area contributed by atoms with Crippen molar-refractivity contribution in [1.29, 1.82) is 0 Å². The van der Waals surface area contributed by atoms with Crippen molar-refractivity contribution in [3.05, 3.63) is 0 Å². The molecule has 0 radical (unpaired) electrons. The summed E-state index contributed by atoms with van der Waals surface area (Å²) in [5, 5.41) is 20.4. The van der Waals surface area contributed by atoms with Crippen molar-refractivity contribution in [2.75, 3.05) is 0 Å². The molecule has 2 saturated carbocycles.